The summed E-state index contributed by atoms with van der Waals surface area (Å²) in [6.07, 6.45) is 1.91. The van der Waals surface area contributed by atoms with E-state index in [2.05, 4.69) is 0 Å². The maximum atomic E-state index is 13.7. The van der Waals surface area contributed by atoms with Gasteiger partial charge in [0.2, 0.25) is 0 Å². The predicted octanol–water partition coefficient (Wildman–Crippen LogP) is 6.39. The first-order valence-corrected chi connectivity index (χ1v) is 12.3. The number of aliphatic hydroxyl groups is 1. The number of methoxy groups -OCH3 is 1. The van der Waals surface area contributed by atoms with Crippen LogP contribution in [0.1, 0.15) is 33.9 Å². The number of amides is 1. The first-order valence-electron chi connectivity index (χ1n) is 11.9. The van der Waals surface area contributed by atoms with E-state index < -0.39 is 17.7 Å². The third-order valence-corrected chi connectivity index (χ3v) is 7.36. The van der Waals surface area contributed by atoms with Crippen LogP contribution in [0.5, 0.6) is 5.75 Å². The van der Waals surface area contributed by atoms with Crippen LogP contribution in [0.3, 0.4) is 0 Å². The van der Waals surface area contributed by atoms with E-state index in [1.54, 1.807) is 12.1 Å². The number of Topliss-reactive ketones (excluding diaryl/α,β-unsaturated/α-hetero) is 1. The molecule has 1 aliphatic rings. The van der Waals surface area contributed by atoms with Crippen LogP contribution in [0.2, 0.25) is 5.02 Å². The molecule has 1 saturated heterocycles. The SMILES string of the molecule is COc1c(Cl)cc(C)cc1/C(O)=C1\C(=O)C(=O)N(c2ccc(C)c(C)c2)C1c1cn(C)c2ccccc12. The van der Waals surface area contributed by atoms with E-state index in [-0.39, 0.29) is 22.6 Å². The molecular weight excluding hydrogens is 488 g/mol. The van der Waals surface area contributed by atoms with Crippen molar-refractivity contribution in [3.63, 3.8) is 0 Å². The summed E-state index contributed by atoms with van der Waals surface area (Å²) in [5, 5.41) is 12.9. The number of fused-ring (bicyclic) bond motifs is 1. The molecule has 7 heteroatoms. The highest BCUT2D eigenvalue weighted by molar-refractivity contribution is 6.52. The summed E-state index contributed by atoms with van der Waals surface area (Å²) < 4.78 is 7.44. The van der Waals surface area contributed by atoms with Crippen LogP contribution in [-0.4, -0.2) is 28.5 Å². The van der Waals surface area contributed by atoms with Gasteiger partial charge in [-0.05, 0) is 67.8 Å². The molecule has 1 atom stereocenters. The molecule has 5 rings (SSSR count). The van der Waals surface area contributed by atoms with E-state index in [9.17, 15) is 14.7 Å². The Morgan fingerprint density at radius 2 is 1.73 bits per heavy atom. The molecule has 0 bridgehead atoms. The molecule has 0 radical (unpaired) electrons. The maximum absolute atomic E-state index is 13.7. The molecule has 4 aromatic rings. The van der Waals surface area contributed by atoms with E-state index in [0.29, 0.717) is 10.7 Å². The monoisotopic (exact) mass is 514 g/mol. The van der Waals surface area contributed by atoms with Gasteiger partial charge < -0.3 is 14.4 Å². The number of carbonyl (C=O) groups is 2. The number of hydrogen-bond donors (Lipinski definition) is 1. The van der Waals surface area contributed by atoms with Crippen LogP contribution in [0.4, 0.5) is 5.69 Å². The first-order chi connectivity index (χ1) is 17.6. The van der Waals surface area contributed by atoms with Gasteiger partial charge in [-0.1, -0.05) is 35.9 Å². The summed E-state index contributed by atoms with van der Waals surface area (Å²) >= 11 is 6.42. The fraction of sp³-hybridized carbons (Fsp3) is 0.200. The van der Waals surface area contributed by atoms with Gasteiger partial charge in [-0.2, -0.15) is 0 Å². The number of aliphatic hydroxyl groups excluding tert-OH is 1. The standard InChI is InChI=1S/C30H27ClN2O4/c1-16-12-21(29(37-5)23(31)13-16)27(34)25-26(22-15-32(4)24-9-7-6-8-20(22)24)33(30(36)28(25)35)19-11-10-17(2)18(3)14-19/h6-15,26,34H,1-5H3/b27-25+. The van der Waals surface area contributed by atoms with Crippen molar-refractivity contribution in [2.75, 3.05) is 12.0 Å². The largest absolute Gasteiger partial charge is 0.507 e. The Kier molecular flexibility index (Phi) is 6.08. The number of para-hydroxylation sites is 1. The Balaban J connectivity index is 1.85. The highest BCUT2D eigenvalue weighted by Crippen LogP contribution is 2.46. The highest BCUT2D eigenvalue weighted by atomic mass is 35.5. The third kappa shape index (κ3) is 3.89. The lowest BCUT2D eigenvalue weighted by Gasteiger charge is -2.26. The molecular formula is C30H27ClN2O4. The number of benzene rings is 3. The van der Waals surface area contributed by atoms with Gasteiger partial charge in [-0.15, -0.1) is 0 Å². The molecule has 3 aromatic carbocycles. The maximum Gasteiger partial charge on any atom is 0.300 e. The van der Waals surface area contributed by atoms with E-state index >= 15 is 0 Å². The number of aryl methyl sites for hydroxylation is 4. The third-order valence-electron chi connectivity index (χ3n) is 7.08. The highest BCUT2D eigenvalue weighted by Gasteiger charge is 2.48. The molecule has 1 aliphatic heterocycles. The Hall–Kier alpha value is -4.03. The van der Waals surface area contributed by atoms with E-state index in [0.717, 1.165) is 33.2 Å². The number of ether oxygens (including phenoxy) is 1. The Bertz CT molecular complexity index is 1630. The van der Waals surface area contributed by atoms with Crippen LogP contribution in [0.15, 0.2) is 66.4 Å². The molecule has 1 fully saturated rings. The van der Waals surface area contributed by atoms with Crippen molar-refractivity contribution in [1.29, 1.82) is 0 Å². The van der Waals surface area contributed by atoms with Gasteiger partial charge in [0.1, 0.15) is 11.5 Å². The molecule has 6 nitrogen and oxygen atoms in total. The first kappa shape index (κ1) is 24.7. The molecule has 1 N–H and O–H groups in total. The average Bonchev–Trinajstić information content (AvgIpc) is 3.33. The number of nitrogens with zero attached hydrogens (tertiary/aromatic N) is 2. The van der Waals surface area contributed by atoms with Crippen LogP contribution in [0.25, 0.3) is 16.7 Å². The molecule has 1 aromatic heterocycles. The fourth-order valence-electron chi connectivity index (χ4n) is 5.12. The number of anilines is 1. The van der Waals surface area contributed by atoms with Crippen molar-refractivity contribution in [2.24, 2.45) is 7.05 Å². The van der Waals surface area contributed by atoms with Crippen molar-refractivity contribution >= 4 is 45.6 Å². The molecule has 2 heterocycles. The smallest absolute Gasteiger partial charge is 0.300 e. The summed E-state index contributed by atoms with van der Waals surface area (Å²) in [5.74, 6) is -1.57. The number of halogens is 1. The second-order valence-corrected chi connectivity index (χ2v) is 9.88. The van der Waals surface area contributed by atoms with Gasteiger partial charge in [0.25, 0.3) is 11.7 Å². The zero-order valence-electron chi connectivity index (χ0n) is 21.3. The zero-order chi connectivity index (χ0) is 26.6. The summed E-state index contributed by atoms with van der Waals surface area (Å²) in [4.78, 5) is 28.8. The summed E-state index contributed by atoms with van der Waals surface area (Å²) in [6.45, 7) is 5.78. The number of aromatic nitrogens is 1. The zero-order valence-corrected chi connectivity index (χ0v) is 22.1. The molecule has 0 saturated carbocycles. The Morgan fingerprint density at radius 3 is 2.43 bits per heavy atom. The van der Waals surface area contributed by atoms with E-state index in [1.165, 1.54) is 12.0 Å². The molecule has 0 spiro atoms. The fourth-order valence-corrected chi connectivity index (χ4v) is 5.47. The Labute approximate surface area is 220 Å². The second kappa shape index (κ2) is 9.12. The summed E-state index contributed by atoms with van der Waals surface area (Å²) in [5.41, 5.74) is 5.34. The minimum Gasteiger partial charge on any atom is -0.507 e. The summed E-state index contributed by atoms with van der Waals surface area (Å²) in [6, 6.07) is 16.0. The number of carbonyl (C=O) groups excluding carboxylic acids is 2. The van der Waals surface area contributed by atoms with Crippen LogP contribution in [0, 0.1) is 20.8 Å². The lowest BCUT2D eigenvalue weighted by atomic mass is 9.94. The quantitative estimate of drug-likeness (QED) is 0.194. The predicted molar refractivity (Wildman–Crippen MR) is 146 cm³/mol. The van der Waals surface area contributed by atoms with Crippen molar-refractivity contribution in [2.45, 2.75) is 26.8 Å². The van der Waals surface area contributed by atoms with Crippen molar-refractivity contribution in [1.82, 2.24) is 4.57 Å². The Morgan fingerprint density at radius 1 is 1.00 bits per heavy atom. The minimum atomic E-state index is -0.864. The van der Waals surface area contributed by atoms with Gasteiger partial charge in [-0.3, -0.25) is 14.5 Å². The van der Waals surface area contributed by atoms with Crippen molar-refractivity contribution in [3.8, 4) is 5.75 Å². The van der Waals surface area contributed by atoms with Crippen LogP contribution < -0.4 is 9.64 Å². The lowest BCUT2D eigenvalue weighted by Crippen LogP contribution is -2.29. The van der Waals surface area contributed by atoms with Gasteiger partial charge in [0, 0.05) is 35.4 Å². The molecule has 188 valence electrons. The van der Waals surface area contributed by atoms with Crippen LogP contribution in [-0.2, 0) is 16.6 Å². The van der Waals surface area contributed by atoms with Crippen molar-refractivity contribution < 1.29 is 19.4 Å². The molecule has 1 unspecified atom stereocenters. The van der Waals surface area contributed by atoms with Gasteiger partial charge >= 0.3 is 0 Å². The van der Waals surface area contributed by atoms with Gasteiger partial charge in [-0.25, -0.2) is 0 Å². The number of ketones is 1. The molecule has 1 amide bonds. The van der Waals surface area contributed by atoms with Gasteiger partial charge in [0.05, 0.1) is 29.3 Å². The molecule has 37 heavy (non-hydrogen) atoms. The van der Waals surface area contributed by atoms with Gasteiger partial charge in [0.15, 0.2) is 0 Å². The number of hydrogen-bond acceptors (Lipinski definition) is 4. The second-order valence-electron chi connectivity index (χ2n) is 9.48. The minimum absolute atomic E-state index is 0.0143. The van der Waals surface area contributed by atoms with Crippen LogP contribution >= 0.6 is 11.6 Å². The lowest BCUT2D eigenvalue weighted by molar-refractivity contribution is -0.132. The summed E-state index contributed by atoms with van der Waals surface area (Å²) in [7, 11) is 3.36. The topological polar surface area (TPSA) is 71.8 Å². The van der Waals surface area contributed by atoms with E-state index in [1.807, 2.05) is 81.0 Å². The molecule has 0 aliphatic carbocycles. The van der Waals surface area contributed by atoms with Crippen molar-refractivity contribution in [3.05, 3.63) is 99.2 Å². The normalized spacial score (nSPS) is 17.1. The average molecular weight is 515 g/mol. The number of rotatable bonds is 4. The van der Waals surface area contributed by atoms with E-state index in [4.69, 9.17) is 16.3 Å².